The van der Waals surface area contributed by atoms with Gasteiger partial charge in [-0.15, -0.1) is 0 Å². The van der Waals surface area contributed by atoms with Crippen LogP contribution in [0.15, 0.2) is 35.0 Å². The second-order valence-electron chi connectivity index (χ2n) is 4.56. The van der Waals surface area contributed by atoms with Gasteiger partial charge in [-0.3, -0.25) is 0 Å². The fourth-order valence-corrected chi connectivity index (χ4v) is 2.08. The Kier molecular flexibility index (Phi) is 3.35. The number of ether oxygens (including phenoxy) is 2. The number of anilines is 1. The van der Waals surface area contributed by atoms with E-state index >= 15 is 0 Å². The Labute approximate surface area is 121 Å². The summed E-state index contributed by atoms with van der Waals surface area (Å²) < 4.78 is 16.0. The van der Waals surface area contributed by atoms with Crippen molar-refractivity contribution in [3.63, 3.8) is 0 Å². The van der Waals surface area contributed by atoms with Gasteiger partial charge in [0.15, 0.2) is 28.3 Å². The predicted molar refractivity (Wildman–Crippen MR) is 78.7 cm³/mol. The molecule has 3 aromatic rings. The van der Waals surface area contributed by atoms with E-state index in [0.29, 0.717) is 34.0 Å². The minimum atomic E-state index is 0.483. The van der Waals surface area contributed by atoms with Crippen molar-refractivity contribution in [1.29, 1.82) is 0 Å². The summed E-state index contributed by atoms with van der Waals surface area (Å²) in [4.78, 5) is 0. The average Bonchev–Trinajstić information content (AvgIpc) is 3.01. The summed E-state index contributed by atoms with van der Waals surface area (Å²) in [5.74, 6) is 1.78. The van der Waals surface area contributed by atoms with E-state index in [1.807, 2.05) is 18.2 Å². The summed E-state index contributed by atoms with van der Waals surface area (Å²) in [7, 11) is 1.61. The van der Waals surface area contributed by atoms with Crippen molar-refractivity contribution < 1.29 is 14.1 Å². The Morgan fingerprint density at radius 1 is 1.05 bits per heavy atom. The number of hydrogen-bond donors (Lipinski definition) is 1. The largest absolute Gasteiger partial charge is 0.493 e. The molecule has 2 aromatic carbocycles. The van der Waals surface area contributed by atoms with E-state index in [1.54, 1.807) is 19.2 Å². The second-order valence-corrected chi connectivity index (χ2v) is 4.56. The smallest absolute Gasteiger partial charge is 0.179 e. The standard InChI is InChI=1S/C15H15N3O3/c1-3-9-4-6-11(13(8-9)19-2)20-12-7-5-10(16)14-15(12)18-21-17-14/h4-8H,3,16H2,1-2H3. The van der Waals surface area contributed by atoms with Crippen molar-refractivity contribution in [3.05, 3.63) is 35.9 Å². The molecule has 0 aliphatic heterocycles. The van der Waals surface area contributed by atoms with Crippen molar-refractivity contribution in [2.24, 2.45) is 0 Å². The van der Waals surface area contributed by atoms with Gasteiger partial charge in [0.25, 0.3) is 0 Å². The Bertz CT molecular complexity index is 783. The molecular weight excluding hydrogens is 270 g/mol. The van der Waals surface area contributed by atoms with E-state index in [0.717, 1.165) is 6.42 Å². The third-order valence-electron chi connectivity index (χ3n) is 3.27. The van der Waals surface area contributed by atoms with Crippen molar-refractivity contribution in [1.82, 2.24) is 10.3 Å². The molecule has 2 N–H and O–H groups in total. The lowest BCUT2D eigenvalue weighted by atomic mass is 10.1. The molecule has 0 amide bonds. The highest BCUT2D eigenvalue weighted by Gasteiger charge is 2.14. The van der Waals surface area contributed by atoms with E-state index < -0.39 is 0 Å². The SMILES string of the molecule is CCc1ccc(Oc2ccc(N)c3nonc23)c(OC)c1. The molecular formula is C15H15N3O3. The molecule has 0 atom stereocenters. The van der Waals surface area contributed by atoms with Crippen molar-refractivity contribution in [3.8, 4) is 17.2 Å². The Hall–Kier alpha value is -2.76. The van der Waals surface area contributed by atoms with Gasteiger partial charge in [-0.05, 0) is 46.6 Å². The number of aromatic nitrogens is 2. The van der Waals surface area contributed by atoms with Crippen LogP contribution in [0.1, 0.15) is 12.5 Å². The first-order chi connectivity index (χ1) is 10.2. The summed E-state index contributed by atoms with van der Waals surface area (Å²) in [6.07, 6.45) is 0.927. The van der Waals surface area contributed by atoms with Crippen molar-refractivity contribution in [2.75, 3.05) is 12.8 Å². The number of hydrogen-bond acceptors (Lipinski definition) is 6. The quantitative estimate of drug-likeness (QED) is 0.741. The molecule has 21 heavy (non-hydrogen) atoms. The summed E-state index contributed by atoms with van der Waals surface area (Å²) in [5.41, 5.74) is 8.44. The molecule has 0 radical (unpaired) electrons. The van der Waals surface area contributed by atoms with Crippen LogP contribution in [0.3, 0.4) is 0 Å². The van der Waals surface area contributed by atoms with Gasteiger partial charge in [0.1, 0.15) is 0 Å². The zero-order chi connectivity index (χ0) is 14.8. The number of nitrogens with zero attached hydrogens (tertiary/aromatic N) is 2. The fraction of sp³-hybridized carbons (Fsp3) is 0.200. The maximum absolute atomic E-state index is 5.88. The summed E-state index contributed by atoms with van der Waals surface area (Å²) >= 11 is 0. The highest BCUT2D eigenvalue weighted by Crippen LogP contribution is 2.36. The first-order valence-corrected chi connectivity index (χ1v) is 6.58. The fourth-order valence-electron chi connectivity index (χ4n) is 2.08. The summed E-state index contributed by atoms with van der Waals surface area (Å²) in [6, 6.07) is 9.25. The van der Waals surface area contributed by atoms with E-state index in [-0.39, 0.29) is 0 Å². The maximum atomic E-state index is 5.88. The van der Waals surface area contributed by atoms with Crippen LogP contribution in [-0.4, -0.2) is 17.4 Å². The van der Waals surface area contributed by atoms with Crippen LogP contribution in [0.25, 0.3) is 11.0 Å². The molecule has 0 aliphatic carbocycles. The lowest BCUT2D eigenvalue weighted by Crippen LogP contribution is -1.94. The number of aryl methyl sites for hydroxylation is 1. The Morgan fingerprint density at radius 3 is 2.57 bits per heavy atom. The number of nitrogens with two attached hydrogens (primary N) is 1. The van der Waals surface area contributed by atoms with Gasteiger partial charge in [-0.1, -0.05) is 13.0 Å². The second kappa shape index (κ2) is 5.32. The van der Waals surface area contributed by atoms with Crippen molar-refractivity contribution >= 4 is 16.7 Å². The maximum Gasteiger partial charge on any atom is 0.179 e. The van der Waals surface area contributed by atoms with E-state index in [4.69, 9.17) is 19.8 Å². The number of benzene rings is 2. The van der Waals surface area contributed by atoms with Crippen LogP contribution in [0.4, 0.5) is 5.69 Å². The Morgan fingerprint density at radius 2 is 1.81 bits per heavy atom. The molecule has 0 spiro atoms. The van der Waals surface area contributed by atoms with Crippen LogP contribution < -0.4 is 15.2 Å². The van der Waals surface area contributed by atoms with E-state index in [2.05, 4.69) is 17.2 Å². The van der Waals surface area contributed by atoms with E-state index in [9.17, 15) is 0 Å². The molecule has 3 rings (SSSR count). The zero-order valence-electron chi connectivity index (χ0n) is 11.8. The molecule has 108 valence electrons. The summed E-state index contributed by atoms with van der Waals surface area (Å²) in [5, 5.41) is 7.60. The van der Waals surface area contributed by atoms with Crippen molar-refractivity contribution in [2.45, 2.75) is 13.3 Å². The molecule has 1 aromatic heterocycles. The first-order valence-electron chi connectivity index (χ1n) is 6.58. The van der Waals surface area contributed by atoms with Crippen LogP contribution in [0.2, 0.25) is 0 Å². The van der Waals surface area contributed by atoms with Crippen LogP contribution in [-0.2, 0) is 6.42 Å². The van der Waals surface area contributed by atoms with Gasteiger partial charge < -0.3 is 15.2 Å². The van der Waals surface area contributed by atoms with Crippen LogP contribution >= 0.6 is 0 Å². The molecule has 0 fully saturated rings. The minimum Gasteiger partial charge on any atom is -0.493 e. The molecule has 0 aliphatic rings. The molecule has 6 heteroatoms. The number of nitrogen functional groups attached to an aromatic ring is 1. The van der Waals surface area contributed by atoms with Crippen LogP contribution in [0, 0.1) is 0 Å². The lowest BCUT2D eigenvalue weighted by Gasteiger charge is -2.11. The van der Waals surface area contributed by atoms with Gasteiger partial charge in [-0.25, -0.2) is 4.63 Å². The molecule has 0 bridgehead atoms. The van der Waals surface area contributed by atoms with Gasteiger partial charge in [0, 0.05) is 0 Å². The van der Waals surface area contributed by atoms with E-state index in [1.165, 1.54) is 5.56 Å². The first kappa shape index (κ1) is 13.2. The normalized spacial score (nSPS) is 10.8. The van der Waals surface area contributed by atoms with Crippen LogP contribution in [0.5, 0.6) is 17.2 Å². The topological polar surface area (TPSA) is 83.4 Å². The Balaban J connectivity index is 2.02. The van der Waals surface area contributed by atoms with Gasteiger partial charge in [-0.2, -0.15) is 0 Å². The molecule has 0 unspecified atom stereocenters. The monoisotopic (exact) mass is 285 g/mol. The number of fused-ring (bicyclic) bond motifs is 1. The zero-order valence-corrected chi connectivity index (χ0v) is 11.8. The molecule has 0 saturated heterocycles. The average molecular weight is 285 g/mol. The molecule has 6 nitrogen and oxygen atoms in total. The highest BCUT2D eigenvalue weighted by molar-refractivity contribution is 5.90. The molecule has 0 saturated carbocycles. The number of rotatable bonds is 4. The highest BCUT2D eigenvalue weighted by atomic mass is 16.6. The van der Waals surface area contributed by atoms with Gasteiger partial charge in [0.05, 0.1) is 12.8 Å². The molecule has 1 heterocycles. The summed E-state index contributed by atoms with van der Waals surface area (Å²) in [6.45, 7) is 2.08. The third-order valence-corrected chi connectivity index (χ3v) is 3.27. The minimum absolute atomic E-state index is 0.483. The number of methoxy groups -OCH3 is 1. The van der Waals surface area contributed by atoms with Gasteiger partial charge >= 0.3 is 0 Å². The van der Waals surface area contributed by atoms with Gasteiger partial charge in [0.2, 0.25) is 0 Å². The lowest BCUT2D eigenvalue weighted by molar-refractivity contribution is 0.314. The predicted octanol–water partition coefficient (Wildman–Crippen LogP) is 3.17. The third kappa shape index (κ3) is 2.35.